The van der Waals surface area contributed by atoms with Crippen molar-refractivity contribution in [3.8, 4) is 0 Å². The summed E-state index contributed by atoms with van der Waals surface area (Å²) in [6, 6.07) is 5.98. The Balaban J connectivity index is 2.74. The molecule has 5 heteroatoms. The van der Waals surface area contributed by atoms with Crippen LogP contribution in [0.25, 0.3) is 0 Å². The highest BCUT2D eigenvalue weighted by Crippen LogP contribution is 2.25. The number of hydrogen-bond donors (Lipinski definition) is 0. The molecule has 0 fully saturated rings. The smallest absolute Gasteiger partial charge is 0.0637 e. The van der Waals surface area contributed by atoms with Crippen LogP contribution in [-0.2, 0) is 15.4 Å². The van der Waals surface area contributed by atoms with E-state index in [1.807, 2.05) is 18.2 Å². The third kappa shape index (κ3) is 5.57. The van der Waals surface area contributed by atoms with Crippen molar-refractivity contribution in [2.24, 2.45) is 0 Å². The van der Waals surface area contributed by atoms with Gasteiger partial charge >= 0.3 is 0 Å². The maximum Gasteiger partial charge on any atom is 0.0637 e. The molecule has 0 spiro atoms. The Labute approximate surface area is 125 Å². The predicted octanol–water partition coefficient (Wildman–Crippen LogP) is 3.57. The van der Waals surface area contributed by atoms with Crippen LogP contribution in [0.1, 0.15) is 12.0 Å². The SMILES string of the molecule is COCCCN(CCOC)c1ccc(CCl)c(Cl)c1. The Kier molecular flexibility index (Phi) is 8.22. The molecule has 0 amide bonds. The molecular weight excluding hydrogens is 285 g/mol. The molecule has 0 unspecified atom stereocenters. The van der Waals surface area contributed by atoms with Crippen molar-refractivity contribution in [2.45, 2.75) is 12.3 Å². The fourth-order valence-electron chi connectivity index (χ4n) is 1.81. The molecule has 1 rings (SSSR count). The number of anilines is 1. The van der Waals surface area contributed by atoms with E-state index in [0.717, 1.165) is 37.4 Å². The summed E-state index contributed by atoms with van der Waals surface area (Å²) in [5, 5.41) is 0.710. The van der Waals surface area contributed by atoms with Gasteiger partial charge in [0.15, 0.2) is 0 Å². The maximum atomic E-state index is 6.20. The Morgan fingerprint density at radius 1 is 1.11 bits per heavy atom. The first-order chi connectivity index (χ1) is 9.22. The second-order valence-corrected chi connectivity index (χ2v) is 4.91. The first-order valence-corrected chi connectivity index (χ1v) is 7.21. The third-order valence-corrected chi connectivity index (χ3v) is 3.53. The lowest BCUT2D eigenvalue weighted by Crippen LogP contribution is -2.29. The van der Waals surface area contributed by atoms with Crippen LogP contribution in [0.5, 0.6) is 0 Å². The normalized spacial score (nSPS) is 10.7. The van der Waals surface area contributed by atoms with Crippen LogP contribution in [0, 0.1) is 0 Å². The summed E-state index contributed by atoms with van der Waals surface area (Å²) in [6.07, 6.45) is 0.967. The topological polar surface area (TPSA) is 21.7 Å². The Morgan fingerprint density at radius 3 is 2.42 bits per heavy atom. The fourth-order valence-corrected chi connectivity index (χ4v) is 2.36. The van der Waals surface area contributed by atoms with Gasteiger partial charge in [-0.2, -0.15) is 0 Å². The number of halogens is 2. The number of nitrogens with zero attached hydrogens (tertiary/aromatic N) is 1. The van der Waals surface area contributed by atoms with Crippen LogP contribution < -0.4 is 4.90 Å². The average Bonchev–Trinajstić information content (AvgIpc) is 2.42. The summed E-state index contributed by atoms with van der Waals surface area (Å²) >= 11 is 12.0. The standard InChI is InChI=1S/C14H21Cl2NO2/c1-18-8-3-6-17(7-9-19-2)13-5-4-12(11-15)14(16)10-13/h4-5,10H,3,6-9,11H2,1-2H3. The van der Waals surface area contributed by atoms with Crippen LogP contribution in [0.15, 0.2) is 18.2 Å². The zero-order chi connectivity index (χ0) is 14.1. The molecule has 1 aromatic rings. The molecule has 108 valence electrons. The van der Waals surface area contributed by atoms with Crippen molar-refractivity contribution >= 4 is 28.9 Å². The van der Waals surface area contributed by atoms with E-state index >= 15 is 0 Å². The van der Waals surface area contributed by atoms with E-state index < -0.39 is 0 Å². The fraction of sp³-hybridized carbons (Fsp3) is 0.571. The van der Waals surface area contributed by atoms with Gasteiger partial charge in [-0.15, -0.1) is 11.6 Å². The molecule has 0 aliphatic carbocycles. The number of hydrogen-bond acceptors (Lipinski definition) is 3. The molecular formula is C14H21Cl2NO2. The molecule has 0 saturated carbocycles. The number of ether oxygens (including phenoxy) is 2. The molecule has 0 aliphatic heterocycles. The van der Waals surface area contributed by atoms with Crippen LogP contribution in [-0.4, -0.2) is 40.5 Å². The van der Waals surface area contributed by atoms with Gasteiger partial charge in [-0.3, -0.25) is 0 Å². The summed E-state index contributed by atoms with van der Waals surface area (Å²) in [6.45, 7) is 3.17. The first-order valence-electron chi connectivity index (χ1n) is 6.30. The summed E-state index contributed by atoms with van der Waals surface area (Å²) < 4.78 is 10.2. The van der Waals surface area contributed by atoms with Gasteiger partial charge < -0.3 is 14.4 Å². The molecule has 0 heterocycles. The molecule has 0 radical (unpaired) electrons. The molecule has 0 atom stereocenters. The zero-order valence-electron chi connectivity index (χ0n) is 11.5. The summed E-state index contributed by atoms with van der Waals surface area (Å²) in [7, 11) is 3.42. The zero-order valence-corrected chi connectivity index (χ0v) is 13.0. The van der Waals surface area contributed by atoms with Gasteiger partial charge in [0.2, 0.25) is 0 Å². The van der Waals surface area contributed by atoms with E-state index in [1.54, 1.807) is 14.2 Å². The molecule has 19 heavy (non-hydrogen) atoms. The average molecular weight is 306 g/mol. The van der Waals surface area contributed by atoms with Gasteiger partial charge in [-0.05, 0) is 24.1 Å². The molecule has 0 N–H and O–H groups in total. The van der Waals surface area contributed by atoms with E-state index in [9.17, 15) is 0 Å². The monoisotopic (exact) mass is 305 g/mol. The quantitative estimate of drug-likeness (QED) is 0.514. The van der Waals surface area contributed by atoms with Crippen LogP contribution in [0.2, 0.25) is 5.02 Å². The third-order valence-electron chi connectivity index (χ3n) is 2.89. The number of methoxy groups -OCH3 is 2. The van der Waals surface area contributed by atoms with E-state index in [1.165, 1.54) is 0 Å². The van der Waals surface area contributed by atoms with Gasteiger partial charge in [0.25, 0.3) is 0 Å². The Bertz CT molecular complexity index is 374. The van der Waals surface area contributed by atoms with Crippen LogP contribution >= 0.6 is 23.2 Å². The summed E-state index contributed by atoms with van der Waals surface area (Å²) in [4.78, 5) is 2.24. The van der Waals surface area contributed by atoms with E-state index in [2.05, 4.69) is 4.90 Å². The highest BCUT2D eigenvalue weighted by Gasteiger charge is 2.08. The molecule has 1 aromatic carbocycles. The predicted molar refractivity (Wildman–Crippen MR) is 81.6 cm³/mol. The summed E-state index contributed by atoms with van der Waals surface area (Å²) in [5.74, 6) is 0.431. The molecule has 0 aliphatic rings. The van der Waals surface area contributed by atoms with Crippen molar-refractivity contribution in [3.05, 3.63) is 28.8 Å². The lowest BCUT2D eigenvalue weighted by atomic mass is 10.2. The second kappa shape index (κ2) is 9.43. The van der Waals surface area contributed by atoms with E-state index in [4.69, 9.17) is 32.7 Å². The van der Waals surface area contributed by atoms with E-state index in [0.29, 0.717) is 17.5 Å². The molecule has 0 aromatic heterocycles. The highest BCUT2D eigenvalue weighted by atomic mass is 35.5. The van der Waals surface area contributed by atoms with Gasteiger partial charge in [0.05, 0.1) is 6.61 Å². The van der Waals surface area contributed by atoms with Gasteiger partial charge in [-0.25, -0.2) is 0 Å². The maximum absolute atomic E-state index is 6.20. The minimum Gasteiger partial charge on any atom is -0.385 e. The van der Waals surface area contributed by atoms with Crippen molar-refractivity contribution in [2.75, 3.05) is 45.4 Å². The minimum atomic E-state index is 0.431. The van der Waals surface area contributed by atoms with Crippen LogP contribution in [0.3, 0.4) is 0 Å². The molecule has 0 bridgehead atoms. The largest absolute Gasteiger partial charge is 0.385 e. The lowest BCUT2D eigenvalue weighted by Gasteiger charge is -2.25. The van der Waals surface area contributed by atoms with Crippen molar-refractivity contribution < 1.29 is 9.47 Å². The number of alkyl halides is 1. The van der Waals surface area contributed by atoms with Crippen molar-refractivity contribution in [1.82, 2.24) is 0 Å². The van der Waals surface area contributed by atoms with Crippen molar-refractivity contribution in [3.63, 3.8) is 0 Å². The highest BCUT2D eigenvalue weighted by molar-refractivity contribution is 6.32. The Morgan fingerprint density at radius 2 is 1.84 bits per heavy atom. The van der Waals surface area contributed by atoms with Crippen LogP contribution in [0.4, 0.5) is 5.69 Å². The van der Waals surface area contributed by atoms with Crippen molar-refractivity contribution in [1.29, 1.82) is 0 Å². The molecule has 0 saturated heterocycles. The first kappa shape index (κ1) is 16.6. The van der Waals surface area contributed by atoms with Gasteiger partial charge in [-0.1, -0.05) is 17.7 Å². The Hall–Kier alpha value is -0.480. The van der Waals surface area contributed by atoms with E-state index in [-0.39, 0.29) is 0 Å². The summed E-state index contributed by atoms with van der Waals surface area (Å²) in [5.41, 5.74) is 2.04. The number of rotatable bonds is 9. The second-order valence-electron chi connectivity index (χ2n) is 4.24. The van der Waals surface area contributed by atoms with Gasteiger partial charge in [0.1, 0.15) is 0 Å². The minimum absolute atomic E-state index is 0.431. The number of benzene rings is 1. The lowest BCUT2D eigenvalue weighted by molar-refractivity contribution is 0.191. The van der Waals surface area contributed by atoms with Gasteiger partial charge in [0, 0.05) is 50.5 Å². The molecule has 3 nitrogen and oxygen atoms in total.